The van der Waals surface area contributed by atoms with Gasteiger partial charge in [0.05, 0.1) is 19.9 Å². The molecule has 27 heavy (non-hydrogen) atoms. The highest BCUT2D eigenvalue weighted by atomic mass is 127. The van der Waals surface area contributed by atoms with Crippen LogP contribution in [-0.4, -0.2) is 52.3 Å². The van der Waals surface area contributed by atoms with E-state index in [2.05, 4.69) is 20.9 Å². The van der Waals surface area contributed by atoms with Crippen LogP contribution >= 0.6 is 24.0 Å². The van der Waals surface area contributed by atoms with Gasteiger partial charge in [0.25, 0.3) is 5.91 Å². The third kappa shape index (κ3) is 8.20. The van der Waals surface area contributed by atoms with E-state index in [1.165, 1.54) is 6.26 Å². The Kier molecular flexibility index (Phi) is 10.8. The maximum atomic E-state index is 11.7. The number of carbonyl (C=O) groups is 1. The Bertz CT molecular complexity index is 690. The Labute approximate surface area is 175 Å². The maximum absolute atomic E-state index is 11.7. The van der Waals surface area contributed by atoms with E-state index in [1.807, 2.05) is 24.3 Å². The summed E-state index contributed by atoms with van der Waals surface area (Å²) < 4.78 is 15.8. The second-order valence-corrected chi connectivity index (χ2v) is 5.18. The summed E-state index contributed by atoms with van der Waals surface area (Å²) in [7, 11) is 3.31. The summed E-state index contributed by atoms with van der Waals surface area (Å²) in [4.78, 5) is 15.8. The molecular weight excluding hydrogens is 463 g/mol. The Hall–Kier alpha value is -2.43. The molecule has 0 saturated carbocycles. The molecule has 0 aliphatic carbocycles. The van der Waals surface area contributed by atoms with Crippen molar-refractivity contribution in [2.75, 3.05) is 40.4 Å². The highest BCUT2D eigenvalue weighted by molar-refractivity contribution is 14.0. The summed E-state index contributed by atoms with van der Waals surface area (Å²) in [5.74, 6) is 2.25. The van der Waals surface area contributed by atoms with Crippen LogP contribution in [0, 0.1) is 0 Å². The molecular formula is C18H25IN4O4. The number of hydrogen-bond acceptors (Lipinski definition) is 5. The monoisotopic (exact) mass is 488 g/mol. The first-order valence-corrected chi connectivity index (χ1v) is 8.26. The second kappa shape index (κ2) is 12.8. The van der Waals surface area contributed by atoms with E-state index in [0.717, 1.165) is 11.5 Å². The van der Waals surface area contributed by atoms with Crippen LogP contribution in [0.3, 0.4) is 0 Å². The fourth-order valence-electron chi connectivity index (χ4n) is 2.08. The number of methoxy groups -OCH3 is 1. The number of halogens is 1. The molecule has 0 atom stereocenters. The predicted molar refractivity (Wildman–Crippen MR) is 114 cm³/mol. The van der Waals surface area contributed by atoms with Crippen molar-refractivity contribution in [3.63, 3.8) is 0 Å². The third-order valence-electron chi connectivity index (χ3n) is 3.39. The van der Waals surface area contributed by atoms with Crippen molar-refractivity contribution in [1.29, 1.82) is 0 Å². The van der Waals surface area contributed by atoms with Crippen LogP contribution in [-0.2, 0) is 0 Å². The largest absolute Gasteiger partial charge is 0.497 e. The van der Waals surface area contributed by atoms with E-state index < -0.39 is 0 Å². The zero-order valence-electron chi connectivity index (χ0n) is 15.4. The van der Waals surface area contributed by atoms with Gasteiger partial charge in [0.15, 0.2) is 11.7 Å². The standard InChI is InChI=1S/C18H24N4O4.HI/c1-19-18(21-10-9-20-17(23)16-4-3-12-26-16)22-11-13-25-15-7-5-14(24-2)6-8-15;/h3-8,12H,9-11,13H2,1-2H3,(H,20,23)(H2,19,21,22);1H. The molecule has 0 spiro atoms. The molecule has 1 aromatic heterocycles. The first-order valence-electron chi connectivity index (χ1n) is 8.26. The summed E-state index contributed by atoms with van der Waals surface area (Å²) in [5, 5.41) is 8.99. The molecule has 9 heteroatoms. The van der Waals surface area contributed by atoms with Crippen molar-refractivity contribution in [3.8, 4) is 11.5 Å². The third-order valence-corrected chi connectivity index (χ3v) is 3.39. The van der Waals surface area contributed by atoms with E-state index in [4.69, 9.17) is 13.9 Å². The normalized spacial score (nSPS) is 10.5. The van der Waals surface area contributed by atoms with Crippen molar-refractivity contribution in [2.45, 2.75) is 0 Å². The van der Waals surface area contributed by atoms with Gasteiger partial charge < -0.3 is 29.8 Å². The van der Waals surface area contributed by atoms with E-state index in [9.17, 15) is 4.79 Å². The second-order valence-electron chi connectivity index (χ2n) is 5.18. The number of guanidine groups is 1. The molecule has 2 aromatic rings. The van der Waals surface area contributed by atoms with Crippen LogP contribution < -0.4 is 25.4 Å². The number of amides is 1. The van der Waals surface area contributed by atoms with Crippen LogP contribution in [0.5, 0.6) is 11.5 Å². The highest BCUT2D eigenvalue weighted by Gasteiger charge is 2.06. The van der Waals surface area contributed by atoms with Gasteiger partial charge in [0.1, 0.15) is 18.1 Å². The van der Waals surface area contributed by atoms with Gasteiger partial charge in [-0.25, -0.2) is 0 Å². The molecule has 0 aliphatic rings. The van der Waals surface area contributed by atoms with Gasteiger partial charge in [0, 0.05) is 20.1 Å². The fraction of sp³-hybridized carbons (Fsp3) is 0.333. The van der Waals surface area contributed by atoms with Crippen LogP contribution in [0.25, 0.3) is 0 Å². The van der Waals surface area contributed by atoms with Crippen LogP contribution in [0.1, 0.15) is 10.6 Å². The average molecular weight is 488 g/mol. The van der Waals surface area contributed by atoms with E-state index in [-0.39, 0.29) is 29.9 Å². The summed E-state index contributed by atoms with van der Waals surface area (Å²) in [6.45, 7) is 2.06. The lowest BCUT2D eigenvalue weighted by atomic mass is 10.3. The van der Waals surface area contributed by atoms with Gasteiger partial charge in [-0.3, -0.25) is 9.79 Å². The molecule has 148 valence electrons. The van der Waals surface area contributed by atoms with Gasteiger partial charge in [-0.1, -0.05) is 0 Å². The predicted octanol–water partition coefficient (Wildman–Crippen LogP) is 1.88. The molecule has 0 bridgehead atoms. The maximum Gasteiger partial charge on any atom is 0.287 e. The number of aliphatic imine (C=N–C) groups is 1. The molecule has 0 fully saturated rings. The first kappa shape index (κ1) is 22.6. The van der Waals surface area contributed by atoms with Crippen LogP contribution in [0.4, 0.5) is 0 Å². The number of nitrogens with zero attached hydrogens (tertiary/aromatic N) is 1. The van der Waals surface area contributed by atoms with Crippen molar-refractivity contribution in [1.82, 2.24) is 16.0 Å². The SMILES string of the molecule is CN=C(NCCNC(=O)c1ccco1)NCCOc1ccc(OC)cc1.I. The number of rotatable bonds is 9. The molecule has 0 radical (unpaired) electrons. The van der Waals surface area contributed by atoms with Gasteiger partial charge in [-0.05, 0) is 36.4 Å². The molecule has 0 aliphatic heterocycles. The number of furan rings is 1. The molecule has 0 unspecified atom stereocenters. The lowest BCUT2D eigenvalue weighted by molar-refractivity contribution is 0.0926. The Morgan fingerprint density at radius 1 is 1.04 bits per heavy atom. The summed E-state index contributed by atoms with van der Waals surface area (Å²) in [6.07, 6.45) is 1.47. The average Bonchev–Trinajstić information content (AvgIpc) is 3.22. The first-order chi connectivity index (χ1) is 12.7. The zero-order chi connectivity index (χ0) is 18.6. The van der Waals surface area contributed by atoms with Gasteiger partial charge in [-0.2, -0.15) is 0 Å². The Morgan fingerprint density at radius 2 is 1.70 bits per heavy atom. The molecule has 1 amide bonds. The van der Waals surface area contributed by atoms with Crippen molar-refractivity contribution in [3.05, 3.63) is 48.4 Å². The minimum Gasteiger partial charge on any atom is -0.497 e. The van der Waals surface area contributed by atoms with Crippen molar-refractivity contribution >= 4 is 35.8 Å². The molecule has 1 aromatic carbocycles. The molecule has 0 saturated heterocycles. The number of benzene rings is 1. The molecule has 8 nitrogen and oxygen atoms in total. The minimum absolute atomic E-state index is 0. The Balaban J connectivity index is 0.00000364. The smallest absolute Gasteiger partial charge is 0.287 e. The molecule has 3 N–H and O–H groups in total. The van der Waals surface area contributed by atoms with E-state index >= 15 is 0 Å². The lowest BCUT2D eigenvalue weighted by Gasteiger charge is -2.13. The fourth-order valence-corrected chi connectivity index (χ4v) is 2.08. The summed E-state index contributed by atoms with van der Waals surface area (Å²) in [5.41, 5.74) is 0. The van der Waals surface area contributed by atoms with Gasteiger partial charge >= 0.3 is 0 Å². The summed E-state index contributed by atoms with van der Waals surface area (Å²) in [6, 6.07) is 10.7. The van der Waals surface area contributed by atoms with Gasteiger partial charge in [-0.15, -0.1) is 24.0 Å². The number of carbonyl (C=O) groups excluding carboxylic acids is 1. The van der Waals surface area contributed by atoms with Crippen molar-refractivity contribution < 1.29 is 18.7 Å². The van der Waals surface area contributed by atoms with E-state index in [0.29, 0.717) is 38.0 Å². The van der Waals surface area contributed by atoms with E-state index in [1.54, 1.807) is 26.3 Å². The lowest BCUT2D eigenvalue weighted by Crippen LogP contribution is -2.42. The van der Waals surface area contributed by atoms with Crippen LogP contribution in [0.15, 0.2) is 52.1 Å². The van der Waals surface area contributed by atoms with Crippen molar-refractivity contribution in [2.24, 2.45) is 4.99 Å². The van der Waals surface area contributed by atoms with Gasteiger partial charge in [0.2, 0.25) is 0 Å². The quantitative estimate of drug-likeness (QED) is 0.216. The number of hydrogen-bond donors (Lipinski definition) is 3. The summed E-state index contributed by atoms with van der Waals surface area (Å²) >= 11 is 0. The molecule has 2 rings (SSSR count). The van der Waals surface area contributed by atoms with Crippen LogP contribution in [0.2, 0.25) is 0 Å². The highest BCUT2D eigenvalue weighted by Crippen LogP contribution is 2.16. The minimum atomic E-state index is -0.243. The number of nitrogens with one attached hydrogen (secondary N) is 3. The number of ether oxygens (including phenoxy) is 2. The topological polar surface area (TPSA) is 97.1 Å². The zero-order valence-corrected chi connectivity index (χ0v) is 17.7. The Morgan fingerprint density at radius 3 is 2.33 bits per heavy atom. The molecule has 1 heterocycles.